The van der Waals surface area contributed by atoms with Crippen molar-refractivity contribution in [1.82, 2.24) is 0 Å². The van der Waals surface area contributed by atoms with Gasteiger partial charge in [-0.2, -0.15) is 17.6 Å². The number of para-hydroxylation sites is 1. The molecule has 0 aliphatic heterocycles. The average Bonchev–Trinajstić information content (AvgIpc) is 2.50. The lowest BCUT2D eigenvalue weighted by molar-refractivity contribution is -0.232. The van der Waals surface area contributed by atoms with Gasteiger partial charge in [0, 0.05) is 0 Å². The Kier molecular flexibility index (Phi) is 4.12. The van der Waals surface area contributed by atoms with E-state index in [1.54, 1.807) is 6.07 Å². The Morgan fingerprint density at radius 1 is 0.955 bits per heavy atom. The molecule has 6 heteroatoms. The van der Waals surface area contributed by atoms with Crippen molar-refractivity contribution < 1.29 is 27.0 Å². The monoisotopic (exact) mass is 312 g/mol. The summed E-state index contributed by atoms with van der Waals surface area (Å²) in [5.41, 5.74) is 0. The standard InChI is InChI=1S/C16H12F4O2/c1-3-8-11(4-2)21-13-14(16(19,20)15(13,17)18)22-12-9-6-5-7-10-12/h3-10H,1-2H2/b11-8+. The fourth-order valence-corrected chi connectivity index (χ4v) is 1.71. The van der Waals surface area contributed by atoms with Crippen LogP contribution in [0.2, 0.25) is 0 Å². The Morgan fingerprint density at radius 3 is 2.09 bits per heavy atom. The molecule has 2 rings (SSSR count). The molecule has 0 radical (unpaired) electrons. The van der Waals surface area contributed by atoms with Crippen LogP contribution in [0, 0.1) is 0 Å². The van der Waals surface area contributed by atoms with Crippen LogP contribution in [0.3, 0.4) is 0 Å². The van der Waals surface area contributed by atoms with E-state index >= 15 is 0 Å². The normalized spacial score (nSPS) is 19.2. The SMILES string of the molecule is C=C/C=C(\C=C)OC1=C(Oc2ccccc2)C(F)(F)C1(F)F. The van der Waals surface area contributed by atoms with Gasteiger partial charge in [-0.1, -0.05) is 37.4 Å². The summed E-state index contributed by atoms with van der Waals surface area (Å²) in [6.07, 6.45) is 3.57. The van der Waals surface area contributed by atoms with E-state index < -0.39 is 23.4 Å². The summed E-state index contributed by atoms with van der Waals surface area (Å²) in [5.74, 6) is -11.5. The van der Waals surface area contributed by atoms with E-state index in [-0.39, 0.29) is 11.5 Å². The lowest BCUT2D eigenvalue weighted by Gasteiger charge is -2.38. The van der Waals surface area contributed by atoms with Crippen molar-refractivity contribution in [3.8, 4) is 5.75 Å². The predicted molar refractivity (Wildman–Crippen MR) is 73.6 cm³/mol. The molecular weight excluding hydrogens is 300 g/mol. The molecule has 2 nitrogen and oxygen atoms in total. The van der Waals surface area contributed by atoms with Crippen LogP contribution in [-0.4, -0.2) is 11.8 Å². The second kappa shape index (κ2) is 5.71. The van der Waals surface area contributed by atoms with Crippen molar-refractivity contribution >= 4 is 0 Å². The smallest absolute Gasteiger partial charge is 0.377 e. The van der Waals surface area contributed by atoms with Gasteiger partial charge in [0.2, 0.25) is 11.5 Å². The Balaban J connectivity index is 2.39. The van der Waals surface area contributed by atoms with Crippen molar-refractivity contribution in [1.29, 1.82) is 0 Å². The predicted octanol–water partition coefficient (Wildman–Crippen LogP) is 4.83. The molecule has 0 N–H and O–H groups in total. The van der Waals surface area contributed by atoms with Crippen molar-refractivity contribution in [2.24, 2.45) is 0 Å². The van der Waals surface area contributed by atoms with Gasteiger partial charge in [0.15, 0.2) is 0 Å². The van der Waals surface area contributed by atoms with E-state index in [9.17, 15) is 17.6 Å². The Morgan fingerprint density at radius 2 is 1.55 bits per heavy atom. The topological polar surface area (TPSA) is 18.5 Å². The number of hydrogen-bond acceptors (Lipinski definition) is 2. The van der Waals surface area contributed by atoms with Gasteiger partial charge < -0.3 is 9.47 Å². The molecule has 1 aromatic carbocycles. The first kappa shape index (κ1) is 15.9. The molecule has 0 amide bonds. The van der Waals surface area contributed by atoms with E-state index in [1.807, 2.05) is 0 Å². The molecule has 1 aromatic rings. The summed E-state index contributed by atoms with van der Waals surface area (Å²) >= 11 is 0. The molecule has 1 aliphatic rings. The first-order valence-electron chi connectivity index (χ1n) is 6.21. The summed E-state index contributed by atoms with van der Waals surface area (Å²) < 4.78 is 64.0. The van der Waals surface area contributed by atoms with Crippen molar-refractivity contribution in [2.45, 2.75) is 11.8 Å². The zero-order valence-corrected chi connectivity index (χ0v) is 11.4. The minimum absolute atomic E-state index is 0.00151. The maximum atomic E-state index is 13.6. The van der Waals surface area contributed by atoms with E-state index in [0.717, 1.165) is 6.08 Å². The van der Waals surface area contributed by atoms with Crippen LogP contribution in [0.25, 0.3) is 0 Å². The fourth-order valence-electron chi connectivity index (χ4n) is 1.71. The average molecular weight is 312 g/mol. The lowest BCUT2D eigenvalue weighted by Crippen LogP contribution is -2.56. The molecule has 1 aliphatic carbocycles. The molecule has 0 heterocycles. The molecule has 0 fully saturated rings. The molecule has 0 atom stereocenters. The molecule has 0 saturated heterocycles. The highest BCUT2D eigenvalue weighted by Gasteiger charge is 2.75. The van der Waals surface area contributed by atoms with E-state index in [1.165, 1.54) is 36.4 Å². The maximum absolute atomic E-state index is 13.6. The largest absolute Gasteiger partial charge is 0.451 e. The number of rotatable bonds is 6. The quantitative estimate of drug-likeness (QED) is 0.425. The third kappa shape index (κ3) is 2.52. The van der Waals surface area contributed by atoms with Gasteiger partial charge in [0.1, 0.15) is 11.5 Å². The number of allylic oxidation sites excluding steroid dienone is 5. The zero-order chi connectivity index (χ0) is 16.4. The maximum Gasteiger partial charge on any atom is 0.377 e. The van der Waals surface area contributed by atoms with E-state index in [2.05, 4.69) is 13.2 Å². The van der Waals surface area contributed by atoms with E-state index in [4.69, 9.17) is 9.47 Å². The van der Waals surface area contributed by atoms with Crippen molar-refractivity contribution in [2.75, 3.05) is 0 Å². The minimum atomic E-state index is -4.46. The van der Waals surface area contributed by atoms with Gasteiger partial charge in [-0.3, -0.25) is 0 Å². The highest BCUT2D eigenvalue weighted by atomic mass is 19.3. The summed E-state index contributed by atoms with van der Waals surface area (Å²) in [6.45, 7) is 6.71. The number of benzene rings is 1. The summed E-state index contributed by atoms with van der Waals surface area (Å²) in [5, 5.41) is 0. The molecule has 0 aromatic heterocycles. The minimum Gasteiger partial charge on any atom is -0.451 e. The number of halogens is 4. The van der Waals surface area contributed by atoms with Gasteiger partial charge in [-0.15, -0.1) is 0 Å². The van der Waals surface area contributed by atoms with Gasteiger partial charge >= 0.3 is 11.8 Å². The van der Waals surface area contributed by atoms with Crippen LogP contribution in [0.4, 0.5) is 17.6 Å². The first-order chi connectivity index (χ1) is 10.3. The first-order valence-corrected chi connectivity index (χ1v) is 6.21. The molecule has 0 bridgehead atoms. The van der Waals surface area contributed by atoms with Crippen LogP contribution >= 0.6 is 0 Å². The lowest BCUT2D eigenvalue weighted by atomic mass is 9.94. The second-order valence-corrected chi connectivity index (χ2v) is 4.33. The molecule has 0 spiro atoms. The summed E-state index contributed by atoms with van der Waals surface area (Å²) in [4.78, 5) is 0. The molecule has 22 heavy (non-hydrogen) atoms. The van der Waals surface area contributed by atoms with Crippen LogP contribution < -0.4 is 4.74 Å². The number of alkyl halides is 4. The van der Waals surface area contributed by atoms with Gasteiger partial charge in [0.05, 0.1) is 0 Å². The van der Waals surface area contributed by atoms with Gasteiger partial charge in [-0.25, -0.2) is 0 Å². The zero-order valence-electron chi connectivity index (χ0n) is 11.4. The van der Waals surface area contributed by atoms with Gasteiger partial charge in [0.25, 0.3) is 0 Å². The molecule has 0 unspecified atom stereocenters. The van der Waals surface area contributed by atoms with Crippen LogP contribution in [0.1, 0.15) is 0 Å². The van der Waals surface area contributed by atoms with Crippen LogP contribution in [0.5, 0.6) is 5.75 Å². The summed E-state index contributed by atoms with van der Waals surface area (Å²) in [7, 11) is 0. The third-order valence-electron chi connectivity index (χ3n) is 2.84. The van der Waals surface area contributed by atoms with Crippen LogP contribution in [-0.2, 0) is 4.74 Å². The number of ether oxygens (including phenoxy) is 2. The highest BCUT2D eigenvalue weighted by molar-refractivity contribution is 5.40. The Hall–Kier alpha value is -2.50. The molecule has 116 valence electrons. The van der Waals surface area contributed by atoms with Crippen molar-refractivity contribution in [3.63, 3.8) is 0 Å². The second-order valence-electron chi connectivity index (χ2n) is 4.33. The van der Waals surface area contributed by atoms with Crippen molar-refractivity contribution in [3.05, 3.63) is 79.0 Å². The highest BCUT2D eigenvalue weighted by Crippen LogP contribution is 2.56. The number of hydrogen-bond donors (Lipinski definition) is 0. The Bertz CT molecular complexity index is 645. The fraction of sp³-hybridized carbons (Fsp3) is 0.125. The third-order valence-corrected chi connectivity index (χ3v) is 2.84. The summed E-state index contributed by atoms with van der Waals surface area (Å²) in [6, 6.07) is 7.42. The Labute approximate surface area is 124 Å². The molecular formula is C16H12F4O2. The van der Waals surface area contributed by atoms with E-state index in [0.29, 0.717) is 0 Å². The molecule has 0 saturated carbocycles. The van der Waals surface area contributed by atoms with Crippen LogP contribution in [0.15, 0.2) is 79.0 Å². The van der Waals surface area contributed by atoms with Gasteiger partial charge in [-0.05, 0) is 24.3 Å².